The quantitative estimate of drug-likeness (QED) is 0.847. The van der Waals surface area contributed by atoms with Crippen molar-refractivity contribution in [3.05, 3.63) is 35.4 Å². The number of amides is 1. The lowest BCUT2D eigenvalue weighted by Gasteiger charge is -2.28. The minimum atomic E-state index is -0.0997. The fraction of sp³-hybridized carbons (Fsp3) is 0.250. The summed E-state index contributed by atoms with van der Waals surface area (Å²) < 4.78 is 4.83. The molecule has 1 amide bonds. The summed E-state index contributed by atoms with van der Waals surface area (Å²) in [6.07, 6.45) is 0.771. The number of carbonyl (C=O) groups excluding carboxylic acids is 1. The van der Waals surface area contributed by atoms with Crippen LogP contribution >= 0.6 is 0 Å². The molecule has 1 unspecified atom stereocenters. The van der Waals surface area contributed by atoms with Gasteiger partial charge in [-0.3, -0.25) is 10.1 Å². The van der Waals surface area contributed by atoms with Crippen molar-refractivity contribution in [2.75, 3.05) is 12.4 Å². The van der Waals surface area contributed by atoms with Gasteiger partial charge in [-0.05, 0) is 17.5 Å². The van der Waals surface area contributed by atoms with Crippen molar-refractivity contribution in [2.45, 2.75) is 12.3 Å². The molecule has 0 saturated heterocycles. The van der Waals surface area contributed by atoms with E-state index in [-0.39, 0.29) is 17.8 Å². The van der Waals surface area contributed by atoms with Crippen molar-refractivity contribution in [3.63, 3.8) is 0 Å². The average Bonchev–Trinajstić information content (AvgIpc) is 2.78. The normalized spacial score (nSPS) is 16.6. The maximum absolute atomic E-state index is 12.0. The zero-order valence-electron chi connectivity index (χ0n) is 9.80. The highest BCUT2D eigenvalue weighted by Crippen LogP contribution is 2.35. The summed E-state index contributed by atoms with van der Waals surface area (Å²) in [6.45, 7) is 0. The second kappa shape index (κ2) is 4.14. The molecule has 18 heavy (non-hydrogen) atoms. The Labute approximate surface area is 103 Å². The highest BCUT2D eigenvalue weighted by molar-refractivity contribution is 5.96. The van der Waals surface area contributed by atoms with Crippen molar-refractivity contribution in [3.8, 4) is 6.01 Å². The van der Waals surface area contributed by atoms with E-state index in [1.807, 2.05) is 24.3 Å². The van der Waals surface area contributed by atoms with E-state index in [1.165, 1.54) is 12.7 Å². The molecule has 1 aliphatic rings. The Bertz CT molecular complexity index is 593. The molecule has 0 saturated carbocycles. The number of hydrogen-bond donors (Lipinski definition) is 2. The Kier molecular flexibility index (Phi) is 2.47. The molecule has 1 aliphatic carbocycles. The van der Waals surface area contributed by atoms with Crippen LogP contribution in [-0.4, -0.2) is 28.2 Å². The molecular formula is C12H12N4O2. The van der Waals surface area contributed by atoms with Crippen LogP contribution < -0.4 is 10.1 Å². The van der Waals surface area contributed by atoms with Crippen LogP contribution in [0.2, 0.25) is 0 Å². The fourth-order valence-electron chi connectivity index (χ4n) is 2.09. The first-order valence-electron chi connectivity index (χ1n) is 5.63. The largest absolute Gasteiger partial charge is 0.466 e. The van der Waals surface area contributed by atoms with Gasteiger partial charge >= 0.3 is 6.01 Å². The number of anilines is 1. The number of methoxy groups -OCH3 is 1. The molecule has 1 atom stereocenters. The lowest BCUT2D eigenvalue weighted by molar-refractivity contribution is -0.118. The summed E-state index contributed by atoms with van der Waals surface area (Å²) in [7, 11) is 1.47. The van der Waals surface area contributed by atoms with E-state index < -0.39 is 0 Å². The summed E-state index contributed by atoms with van der Waals surface area (Å²) in [6, 6.07) is 8.14. The molecule has 1 heterocycles. The number of aromatic nitrogens is 3. The summed E-state index contributed by atoms with van der Waals surface area (Å²) in [5.74, 6) is 0.131. The number of fused-ring (bicyclic) bond motifs is 1. The third-order valence-electron chi connectivity index (χ3n) is 3.06. The number of nitrogens with zero attached hydrogens (tertiary/aromatic N) is 2. The van der Waals surface area contributed by atoms with Crippen LogP contribution in [0.3, 0.4) is 0 Å². The number of ether oxygens (including phenoxy) is 1. The lowest BCUT2D eigenvalue weighted by Crippen LogP contribution is -2.30. The minimum Gasteiger partial charge on any atom is -0.466 e. The van der Waals surface area contributed by atoms with Crippen LogP contribution in [-0.2, 0) is 11.2 Å². The predicted octanol–water partition coefficient (Wildman–Crippen LogP) is 1.09. The second-order valence-electron chi connectivity index (χ2n) is 4.12. The van der Waals surface area contributed by atoms with Crippen LogP contribution in [0, 0.1) is 0 Å². The predicted molar refractivity (Wildman–Crippen MR) is 64.5 cm³/mol. The molecule has 1 aromatic heterocycles. The maximum atomic E-state index is 12.0. The Morgan fingerprint density at radius 2 is 2.33 bits per heavy atom. The topological polar surface area (TPSA) is 79.9 Å². The molecule has 0 fully saturated rings. The van der Waals surface area contributed by atoms with E-state index >= 15 is 0 Å². The first-order chi connectivity index (χ1) is 8.78. The number of carbonyl (C=O) groups is 1. The first-order valence-corrected chi connectivity index (χ1v) is 5.63. The van der Waals surface area contributed by atoms with Gasteiger partial charge in [-0.1, -0.05) is 24.3 Å². The second-order valence-corrected chi connectivity index (χ2v) is 4.12. The number of aromatic amines is 1. The van der Waals surface area contributed by atoms with Crippen molar-refractivity contribution in [1.29, 1.82) is 0 Å². The highest BCUT2D eigenvalue weighted by Gasteiger charge is 2.32. The third kappa shape index (κ3) is 1.71. The van der Waals surface area contributed by atoms with E-state index in [4.69, 9.17) is 4.74 Å². The zero-order valence-corrected chi connectivity index (χ0v) is 9.80. The van der Waals surface area contributed by atoms with Gasteiger partial charge in [-0.2, -0.15) is 4.98 Å². The van der Waals surface area contributed by atoms with Gasteiger partial charge in [0, 0.05) is 0 Å². The third-order valence-corrected chi connectivity index (χ3v) is 3.06. The molecule has 0 aliphatic heterocycles. The van der Waals surface area contributed by atoms with Crippen LogP contribution in [0.4, 0.5) is 5.95 Å². The van der Waals surface area contributed by atoms with Crippen LogP contribution in [0.15, 0.2) is 24.3 Å². The van der Waals surface area contributed by atoms with Gasteiger partial charge in [0.05, 0.1) is 13.0 Å². The molecule has 3 rings (SSSR count). The van der Waals surface area contributed by atoms with Gasteiger partial charge in [0.25, 0.3) is 0 Å². The number of nitrogens with one attached hydrogen (secondary N) is 2. The summed E-state index contributed by atoms with van der Waals surface area (Å²) in [5, 5.41) is 9.05. The Hall–Kier alpha value is -2.37. The zero-order chi connectivity index (χ0) is 12.5. The summed E-state index contributed by atoms with van der Waals surface area (Å²) >= 11 is 0. The number of hydrogen-bond acceptors (Lipinski definition) is 4. The lowest BCUT2D eigenvalue weighted by atomic mass is 9.77. The maximum Gasteiger partial charge on any atom is 0.336 e. The minimum absolute atomic E-state index is 0.0764. The summed E-state index contributed by atoms with van der Waals surface area (Å²) in [4.78, 5) is 16.0. The molecule has 0 spiro atoms. The van der Waals surface area contributed by atoms with Crippen molar-refractivity contribution in [2.24, 2.45) is 0 Å². The Morgan fingerprint density at radius 1 is 1.50 bits per heavy atom. The molecule has 6 nitrogen and oxygen atoms in total. The smallest absolute Gasteiger partial charge is 0.336 e. The molecule has 0 bridgehead atoms. The first kappa shape index (κ1) is 10.8. The average molecular weight is 244 g/mol. The highest BCUT2D eigenvalue weighted by atomic mass is 16.5. The SMILES string of the molecule is COc1n[nH]c(NC(=O)C2Cc3ccccc32)n1. The number of benzene rings is 1. The van der Waals surface area contributed by atoms with Crippen LogP contribution in [0.25, 0.3) is 0 Å². The standard InChI is InChI=1S/C12H12N4O2/c1-18-12-14-11(15-16-12)13-10(17)9-6-7-4-2-3-5-8(7)9/h2-5,9H,6H2,1H3,(H2,13,14,15,16,17). The van der Waals surface area contributed by atoms with Gasteiger partial charge in [-0.15, -0.1) is 5.10 Å². The molecule has 6 heteroatoms. The van der Waals surface area contributed by atoms with E-state index in [9.17, 15) is 4.79 Å². The van der Waals surface area contributed by atoms with E-state index in [0.29, 0.717) is 5.95 Å². The van der Waals surface area contributed by atoms with Gasteiger partial charge in [0.2, 0.25) is 11.9 Å². The van der Waals surface area contributed by atoms with Gasteiger partial charge in [0.15, 0.2) is 0 Å². The van der Waals surface area contributed by atoms with E-state index in [2.05, 4.69) is 20.5 Å². The Morgan fingerprint density at radius 3 is 3.06 bits per heavy atom. The van der Waals surface area contributed by atoms with Crippen LogP contribution in [0.5, 0.6) is 6.01 Å². The Balaban J connectivity index is 1.70. The molecule has 2 aromatic rings. The van der Waals surface area contributed by atoms with Crippen molar-refractivity contribution >= 4 is 11.9 Å². The van der Waals surface area contributed by atoms with Gasteiger partial charge in [-0.25, -0.2) is 5.10 Å². The number of rotatable bonds is 3. The molecule has 2 N–H and O–H groups in total. The fourth-order valence-corrected chi connectivity index (χ4v) is 2.09. The molecule has 1 aromatic carbocycles. The molecule has 0 radical (unpaired) electrons. The monoisotopic (exact) mass is 244 g/mol. The number of H-pyrrole nitrogens is 1. The van der Waals surface area contributed by atoms with Gasteiger partial charge < -0.3 is 4.74 Å². The van der Waals surface area contributed by atoms with Crippen molar-refractivity contribution in [1.82, 2.24) is 15.2 Å². The molecule has 92 valence electrons. The van der Waals surface area contributed by atoms with Crippen LogP contribution in [0.1, 0.15) is 17.0 Å². The summed E-state index contributed by atoms with van der Waals surface area (Å²) in [5.41, 5.74) is 2.31. The van der Waals surface area contributed by atoms with E-state index in [1.54, 1.807) is 0 Å². The van der Waals surface area contributed by atoms with Crippen molar-refractivity contribution < 1.29 is 9.53 Å². The van der Waals surface area contributed by atoms with Gasteiger partial charge in [0.1, 0.15) is 0 Å². The molecular weight excluding hydrogens is 232 g/mol. The van der Waals surface area contributed by atoms with E-state index in [0.717, 1.165) is 12.0 Å².